The van der Waals surface area contributed by atoms with Crippen molar-refractivity contribution in [3.05, 3.63) is 36.0 Å². The molecule has 2 aromatic rings. The van der Waals surface area contributed by atoms with Crippen molar-refractivity contribution in [2.24, 2.45) is 0 Å². The third kappa shape index (κ3) is 3.18. The number of Topliss-reactive ketones (excluding diaryl/α,β-unsaturated/α-hetero) is 1. The number of ether oxygens (including phenoxy) is 1. The number of carbonyl (C=O) groups is 1. The highest BCUT2D eigenvalue weighted by molar-refractivity contribution is 6.00. The summed E-state index contributed by atoms with van der Waals surface area (Å²) in [7, 11) is 1.67. The van der Waals surface area contributed by atoms with Gasteiger partial charge in [-0.1, -0.05) is 12.1 Å². The van der Waals surface area contributed by atoms with E-state index >= 15 is 0 Å². The van der Waals surface area contributed by atoms with Crippen molar-refractivity contribution in [2.45, 2.75) is 6.42 Å². The smallest absolute Gasteiger partial charge is 0.176 e. The van der Waals surface area contributed by atoms with Crippen LogP contribution in [0.1, 0.15) is 16.8 Å². The molecular weight excluding hydrogens is 228 g/mol. The Morgan fingerprint density at radius 1 is 1.50 bits per heavy atom. The normalized spacial score (nSPS) is 10.9. The van der Waals surface area contributed by atoms with Crippen molar-refractivity contribution in [2.75, 3.05) is 26.8 Å². The van der Waals surface area contributed by atoms with Gasteiger partial charge < -0.3 is 15.0 Å². The highest BCUT2D eigenvalue weighted by Gasteiger charge is 2.06. The molecule has 0 unspecified atom stereocenters. The Morgan fingerprint density at radius 2 is 2.39 bits per heavy atom. The number of benzene rings is 1. The second kappa shape index (κ2) is 6.33. The maximum Gasteiger partial charge on any atom is 0.176 e. The first-order valence-electron chi connectivity index (χ1n) is 6.03. The summed E-state index contributed by atoms with van der Waals surface area (Å²) >= 11 is 0. The molecule has 1 aromatic heterocycles. The number of aromatic amines is 1. The first-order valence-corrected chi connectivity index (χ1v) is 6.03. The Morgan fingerprint density at radius 3 is 3.22 bits per heavy atom. The van der Waals surface area contributed by atoms with Gasteiger partial charge in [0.25, 0.3) is 0 Å². The molecule has 0 atom stereocenters. The minimum Gasteiger partial charge on any atom is -0.385 e. The number of hydrogen-bond donors (Lipinski definition) is 2. The van der Waals surface area contributed by atoms with Gasteiger partial charge in [-0.15, -0.1) is 0 Å². The van der Waals surface area contributed by atoms with Crippen LogP contribution in [-0.2, 0) is 4.74 Å². The molecular formula is C14H17N2O2. The van der Waals surface area contributed by atoms with E-state index in [4.69, 9.17) is 4.74 Å². The van der Waals surface area contributed by atoms with Gasteiger partial charge in [0, 0.05) is 42.4 Å². The number of aromatic nitrogens is 1. The van der Waals surface area contributed by atoms with E-state index in [0.717, 1.165) is 29.4 Å². The number of H-pyrrole nitrogens is 1. The Bertz CT molecular complexity index is 519. The molecule has 4 heteroatoms. The first-order chi connectivity index (χ1) is 8.81. The standard InChI is InChI=1S/C14H17N2O2/c1-18-8-2-6-15-10-14(17)12-4-3-11-5-7-16-13(11)9-12/h3-4,7,9,15-16H,2,6,8,10H2,1H3. The van der Waals surface area contributed by atoms with Crippen molar-refractivity contribution >= 4 is 16.7 Å². The molecule has 0 saturated heterocycles. The zero-order valence-corrected chi connectivity index (χ0v) is 10.5. The van der Waals surface area contributed by atoms with E-state index in [9.17, 15) is 4.79 Å². The third-order valence-electron chi connectivity index (χ3n) is 2.78. The lowest BCUT2D eigenvalue weighted by atomic mass is 10.1. The Balaban J connectivity index is 1.88. The Hall–Kier alpha value is -1.65. The summed E-state index contributed by atoms with van der Waals surface area (Å²) in [6.45, 7) is 1.86. The lowest BCUT2D eigenvalue weighted by Crippen LogP contribution is -2.24. The van der Waals surface area contributed by atoms with E-state index in [0.29, 0.717) is 13.2 Å². The predicted octanol–water partition coefficient (Wildman–Crippen LogP) is 1.78. The average molecular weight is 245 g/mol. The van der Waals surface area contributed by atoms with E-state index < -0.39 is 0 Å². The Kier molecular flexibility index (Phi) is 4.50. The molecule has 0 amide bonds. The molecule has 0 fully saturated rings. The van der Waals surface area contributed by atoms with Crippen LogP contribution in [0.15, 0.2) is 24.4 Å². The van der Waals surface area contributed by atoms with Crippen LogP contribution in [0.3, 0.4) is 0 Å². The van der Waals surface area contributed by atoms with Crippen LogP contribution in [0.25, 0.3) is 10.9 Å². The summed E-state index contributed by atoms with van der Waals surface area (Å²) in [6.07, 6.45) is 2.66. The van der Waals surface area contributed by atoms with Gasteiger partial charge >= 0.3 is 0 Å². The zero-order chi connectivity index (χ0) is 12.8. The summed E-state index contributed by atoms with van der Waals surface area (Å²) in [5, 5.41) is 4.11. The van der Waals surface area contributed by atoms with Gasteiger partial charge in [-0.2, -0.15) is 0 Å². The molecule has 0 saturated carbocycles. The zero-order valence-electron chi connectivity index (χ0n) is 10.5. The van der Waals surface area contributed by atoms with Gasteiger partial charge in [0.1, 0.15) is 0 Å². The minimum atomic E-state index is 0.101. The number of hydrogen-bond acceptors (Lipinski definition) is 3. The van der Waals surface area contributed by atoms with E-state index in [1.54, 1.807) is 13.3 Å². The molecule has 0 spiro atoms. The van der Waals surface area contributed by atoms with Gasteiger partial charge in [-0.3, -0.25) is 4.79 Å². The first kappa shape index (κ1) is 12.8. The van der Waals surface area contributed by atoms with Crippen LogP contribution in [0.2, 0.25) is 0 Å². The quantitative estimate of drug-likeness (QED) is 0.577. The van der Waals surface area contributed by atoms with E-state index in [1.807, 2.05) is 18.2 Å². The summed E-state index contributed by atoms with van der Waals surface area (Å²) in [4.78, 5) is 15.0. The topological polar surface area (TPSA) is 54.1 Å². The highest BCUT2D eigenvalue weighted by Crippen LogP contribution is 2.13. The summed E-state index contributed by atoms with van der Waals surface area (Å²) in [6, 6.07) is 8.67. The van der Waals surface area contributed by atoms with Gasteiger partial charge in [-0.25, -0.2) is 0 Å². The fourth-order valence-corrected chi connectivity index (χ4v) is 1.80. The van der Waals surface area contributed by atoms with Crippen molar-refractivity contribution < 1.29 is 9.53 Å². The molecule has 1 aromatic carbocycles. The number of rotatable bonds is 7. The number of ketones is 1. The maximum absolute atomic E-state index is 11.9. The lowest BCUT2D eigenvalue weighted by molar-refractivity contribution is 0.0990. The van der Waals surface area contributed by atoms with E-state index in [1.165, 1.54) is 0 Å². The SMILES string of the molecule is COCCCNCC(=O)c1ccc2[c]c[nH]c2c1. The molecule has 1 heterocycles. The average Bonchev–Trinajstić information content (AvgIpc) is 2.85. The third-order valence-corrected chi connectivity index (χ3v) is 2.78. The fourth-order valence-electron chi connectivity index (χ4n) is 1.80. The van der Waals surface area contributed by atoms with E-state index in [-0.39, 0.29) is 5.78 Å². The number of carbonyl (C=O) groups excluding carboxylic acids is 1. The van der Waals surface area contributed by atoms with Crippen LogP contribution >= 0.6 is 0 Å². The molecule has 2 N–H and O–H groups in total. The van der Waals surface area contributed by atoms with Crippen molar-refractivity contribution in [1.29, 1.82) is 0 Å². The number of fused-ring (bicyclic) bond motifs is 1. The lowest BCUT2D eigenvalue weighted by Gasteiger charge is -2.04. The molecule has 0 bridgehead atoms. The van der Waals surface area contributed by atoms with Crippen LogP contribution < -0.4 is 5.32 Å². The van der Waals surface area contributed by atoms with Crippen LogP contribution in [-0.4, -0.2) is 37.6 Å². The molecule has 0 aliphatic heterocycles. The van der Waals surface area contributed by atoms with Crippen LogP contribution in [0.4, 0.5) is 0 Å². The summed E-state index contributed by atoms with van der Waals surface area (Å²) in [5.41, 5.74) is 1.66. The van der Waals surface area contributed by atoms with Gasteiger partial charge in [0.05, 0.1) is 6.54 Å². The second-order valence-corrected chi connectivity index (χ2v) is 4.14. The van der Waals surface area contributed by atoms with Crippen LogP contribution in [0.5, 0.6) is 0 Å². The minimum absolute atomic E-state index is 0.101. The molecule has 0 aliphatic carbocycles. The van der Waals surface area contributed by atoms with Crippen LogP contribution in [0, 0.1) is 6.07 Å². The fraction of sp³-hybridized carbons (Fsp3) is 0.357. The van der Waals surface area contributed by atoms with Crippen molar-refractivity contribution in [1.82, 2.24) is 10.3 Å². The summed E-state index contributed by atoms with van der Waals surface area (Å²) < 4.78 is 4.94. The van der Waals surface area contributed by atoms with Gasteiger partial charge in [-0.05, 0) is 19.0 Å². The summed E-state index contributed by atoms with van der Waals surface area (Å²) in [5.74, 6) is 0.101. The highest BCUT2D eigenvalue weighted by atomic mass is 16.5. The molecule has 2 rings (SSSR count). The van der Waals surface area contributed by atoms with Crippen molar-refractivity contribution in [3.63, 3.8) is 0 Å². The second-order valence-electron chi connectivity index (χ2n) is 4.14. The maximum atomic E-state index is 11.9. The van der Waals surface area contributed by atoms with Crippen molar-refractivity contribution in [3.8, 4) is 0 Å². The van der Waals surface area contributed by atoms with E-state index in [2.05, 4.69) is 16.4 Å². The van der Waals surface area contributed by atoms with Gasteiger partial charge in [0.2, 0.25) is 0 Å². The van der Waals surface area contributed by atoms with Gasteiger partial charge in [0.15, 0.2) is 5.78 Å². The number of methoxy groups -OCH3 is 1. The largest absolute Gasteiger partial charge is 0.385 e. The number of nitrogens with one attached hydrogen (secondary N) is 2. The Labute approximate surface area is 106 Å². The molecule has 4 nitrogen and oxygen atoms in total. The molecule has 1 radical (unpaired) electrons. The molecule has 0 aliphatic rings. The monoisotopic (exact) mass is 245 g/mol. The molecule has 18 heavy (non-hydrogen) atoms. The predicted molar refractivity (Wildman–Crippen MR) is 70.8 cm³/mol. The molecule has 95 valence electrons.